The summed E-state index contributed by atoms with van der Waals surface area (Å²) >= 11 is 0. The van der Waals surface area contributed by atoms with Crippen LogP contribution in [0.15, 0.2) is 53.5 Å². The predicted molar refractivity (Wildman–Crippen MR) is 88.2 cm³/mol. The fourth-order valence-electron chi connectivity index (χ4n) is 2.45. The number of fused-ring (bicyclic) bond motifs is 1. The zero-order chi connectivity index (χ0) is 15.4. The molecule has 0 saturated heterocycles. The normalized spacial score (nSPS) is 12.5. The van der Waals surface area contributed by atoms with Crippen LogP contribution in [-0.4, -0.2) is 24.8 Å². The minimum Gasteiger partial charge on any atom is -0.368 e. The first-order valence-electron chi connectivity index (χ1n) is 7.45. The second kappa shape index (κ2) is 6.43. The van der Waals surface area contributed by atoms with Crippen molar-refractivity contribution >= 4 is 11.7 Å². The van der Waals surface area contributed by atoms with Gasteiger partial charge in [-0.15, -0.1) is 0 Å². The number of nitrogens with one attached hydrogen (secondary N) is 2. The Kier molecular flexibility index (Phi) is 4.19. The second-order valence-corrected chi connectivity index (χ2v) is 5.37. The molecule has 0 bridgehead atoms. The van der Waals surface area contributed by atoms with E-state index in [-0.39, 0.29) is 5.91 Å². The van der Waals surface area contributed by atoms with Gasteiger partial charge < -0.3 is 10.6 Å². The van der Waals surface area contributed by atoms with Gasteiger partial charge in [0.25, 0.3) is 5.91 Å². The third kappa shape index (κ3) is 3.17. The molecule has 112 valence electrons. The van der Waals surface area contributed by atoms with Crippen LogP contribution in [-0.2, 0) is 6.54 Å². The number of nitrogens with zero attached hydrogens (tertiary/aromatic N) is 1. The van der Waals surface area contributed by atoms with Gasteiger partial charge in [0.1, 0.15) is 5.84 Å². The summed E-state index contributed by atoms with van der Waals surface area (Å²) in [6.45, 7) is 3.96. The minimum absolute atomic E-state index is 0.0458. The van der Waals surface area contributed by atoms with Crippen molar-refractivity contribution in [1.82, 2.24) is 10.6 Å². The fraction of sp³-hybridized carbons (Fsp3) is 0.222. The van der Waals surface area contributed by atoms with Crippen molar-refractivity contribution in [1.29, 1.82) is 0 Å². The summed E-state index contributed by atoms with van der Waals surface area (Å²) in [6.07, 6.45) is 0. The lowest BCUT2D eigenvalue weighted by Gasteiger charge is -2.09. The van der Waals surface area contributed by atoms with Crippen LogP contribution in [0.25, 0.3) is 0 Å². The maximum atomic E-state index is 12.0. The van der Waals surface area contributed by atoms with Crippen LogP contribution >= 0.6 is 0 Å². The highest BCUT2D eigenvalue weighted by Crippen LogP contribution is 2.16. The molecule has 22 heavy (non-hydrogen) atoms. The first-order chi connectivity index (χ1) is 10.7. The predicted octanol–water partition coefficient (Wildman–Crippen LogP) is 2.27. The molecule has 2 aromatic rings. The van der Waals surface area contributed by atoms with Gasteiger partial charge in [0.05, 0.1) is 6.54 Å². The molecular weight excluding hydrogens is 274 g/mol. The topological polar surface area (TPSA) is 53.5 Å². The molecule has 2 N–H and O–H groups in total. The van der Waals surface area contributed by atoms with Crippen molar-refractivity contribution in [2.45, 2.75) is 13.5 Å². The SMILES string of the molecule is Cc1ccc(C(=O)NCCNC2=NCc3ccccc32)cc1. The van der Waals surface area contributed by atoms with Crippen LogP contribution in [0.3, 0.4) is 0 Å². The molecule has 4 heteroatoms. The lowest BCUT2D eigenvalue weighted by molar-refractivity contribution is 0.0954. The molecule has 1 aliphatic heterocycles. The largest absolute Gasteiger partial charge is 0.368 e. The number of carbonyl (C=O) groups excluding carboxylic acids is 1. The number of hydrogen-bond acceptors (Lipinski definition) is 3. The maximum absolute atomic E-state index is 12.0. The lowest BCUT2D eigenvalue weighted by Crippen LogP contribution is -2.34. The summed E-state index contributed by atoms with van der Waals surface area (Å²) < 4.78 is 0. The molecule has 1 aliphatic rings. The van der Waals surface area contributed by atoms with E-state index < -0.39 is 0 Å². The Morgan fingerprint density at radius 2 is 1.86 bits per heavy atom. The van der Waals surface area contributed by atoms with E-state index >= 15 is 0 Å². The van der Waals surface area contributed by atoms with Gasteiger partial charge in [-0.3, -0.25) is 9.79 Å². The summed E-state index contributed by atoms with van der Waals surface area (Å²) in [6, 6.07) is 15.8. The van der Waals surface area contributed by atoms with E-state index in [1.54, 1.807) is 0 Å². The number of aryl methyl sites for hydroxylation is 1. The molecule has 2 aromatic carbocycles. The van der Waals surface area contributed by atoms with E-state index in [0.717, 1.165) is 23.5 Å². The highest BCUT2D eigenvalue weighted by Gasteiger charge is 2.14. The molecule has 0 saturated carbocycles. The number of amides is 1. The standard InChI is InChI=1S/C18H19N3O/c1-13-6-8-14(9-7-13)18(22)20-11-10-19-17-16-5-3-2-4-15(16)12-21-17/h2-9H,10-12H2,1H3,(H,19,21)(H,20,22). The average Bonchev–Trinajstić information content (AvgIpc) is 2.95. The van der Waals surface area contributed by atoms with Crippen molar-refractivity contribution in [2.24, 2.45) is 4.99 Å². The Morgan fingerprint density at radius 1 is 1.09 bits per heavy atom. The molecule has 0 radical (unpaired) electrons. The molecule has 3 rings (SSSR count). The summed E-state index contributed by atoms with van der Waals surface area (Å²) in [4.78, 5) is 16.5. The Bertz CT molecular complexity index is 705. The molecule has 0 fully saturated rings. The molecular formula is C18H19N3O. The molecule has 1 heterocycles. The van der Waals surface area contributed by atoms with Crippen molar-refractivity contribution < 1.29 is 4.79 Å². The van der Waals surface area contributed by atoms with E-state index in [9.17, 15) is 4.79 Å². The van der Waals surface area contributed by atoms with Crippen LogP contribution in [0.5, 0.6) is 0 Å². The molecule has 1 amide bonds. The third-order valence-electron chi connectivity index (χ3n) is 3.70. The van der Waals surface area contributed by atoms with E-state index in [2.05, 4.69) is 27.8 Å². The van der Waals surface area contributed by atoms with Crippen molar-refractivity contribution in [2.75, 3.05) is 13.1 Å². The van der Waals surface area contributed by atoms with Crippen LogP contribution in [0.2, 0.25) is 0 Å². The van der Waals surface area contributed by atoms with Gasteiger partial charge in [-0.1, -0.05) is 42.0 Å². The Hall–Kier alpha value is -2.62. The zero-order valence-corrected chi connectivity index (χ0v) is 12.6. The third-order valence-corrected chi connectivity index (χ3v) is 3.70. The fourth-order valence-corrected chi connectivity index (χ4v) is 2.45. The number of rotatable bonds is 4. The molecule has 0 aliphatic carbocycles. The van der Waals surface area contributed by atoms with Gasteiger partial charge in [0.15, 0.2) is 0 Å². The number of hydrogen-bond donors (Lipinski definition) is 2. The van der Waals surface area contributed by atoms with Crippen LogP contribution in [0.1, 0.15) is 27.0 Å². The quantitative estimate of drug-likeness (QED) is 0.850. The summed E-state index contributed by atoms with van der Waals surface area (Å²) in [5, 5.41) is 6.20. The smallest absolute Gasteiger partial charge is 0.251 e. The van der Waals surface area contributed by atoms with E-state index in [0.29, 0.717) is 18.7 Å². The average molecular weight is 293 g/mol. The monoisotopic (exact) mass is 293 g/mol. The molecule has 0 aromatic heterocycles. The Labute approximate surface area is 130 Å². The Balaban J connectivity index is 1.47. The van der Waals surface area contributed by atoms with Gasteiger partial charge in [-0.2, -0.15) is 0 Å². The van der Waals surface area contributed by atoms with E-state index in [4.69, 9.17) is 0 Å². The molecule has 0 atom stereocenters. The van der Waals surface area contributed by atoms with Gasteiger partial charge >= 0.3 is 0 Å². The highest BCUT2D eigenvalue weighted by atomic mass is 16.1. The molecule has 0 spiro atoms. The lowest BCUT2D eigenvalue weighted by atomic mass is 10.1. The van der Waals surface area contributed by atoms with Gasteiger partial charge in [-0.05, 0) is 24.6 Å². The number of benzene rings is 2. The molecule has 0 unspecified atom stereocenters. The van der Waals surface area contributed by atoms with Gasteiger partial charge in [0, 0.05) is 24.2 Å². The summed E-state index contributed by atoms with van der Waals surface area (Å²) in [5.41, 5.74) is 4.24. The van der Waals surface area contributed by atoms with Crippen LogP contribution in [0, 0.1) is 6.92 Å². The first-order valence-corrected chi connectivity index (χ1v) is 7.45. The van der Waals surface area contributed by atoms with Crippen molar-refractivity contribution in [3.8, 4) is 0 Å². The Morgan fingerprint density at radius 3 is 2.68 bits per heavy atom. The maximum Gasteiger partial charge on any atom is 0.251 e. The second-order valence-electron chi connectivity index (χ2n) is 5.37. The highest BCUT2D eigenvalue weighted by molar-refractivity contribution is 6.02. The van der Waals surface area contributed by atoms with Gasteiger partial charge in [0.2, 0.25) is 0 Å². The summed E-state index contributed by atoms with van der Waals surface area (Å²) in [5.74, 6) is 0.871. The van der Waals surface area contributed by atoms with Gasteiger partial charge in [-0.25, -0.2) is 0 Å². The summed E-state index contributed by atoms with van der Waals surface area (Å²) in [7, 11) is 0. The number of aliphatic imine (C=N–C) groups is 1. The zero-order valence-electron chi connectivity index (χ0n) is 12.6. The first kappa shape index (κ1) is 14.3. The van der Waals surface area contributed by atoms with E-state index in [1.807, 2.05) is 43.3 Å². The molecule has 4 nitrogen and oxygen atoms in total. The van der Waals surface area contributed by atoms with Crippen LogP contribution in [0.4, 0.5) is 0 Å². The van der Waals surface area contributed by atoms with Crippen molar-refractivity contribution in [3.05, 3.63) is 70.8 Å². The van der Waals surface area contributed by atoms with Crippen molar-refractivity contribution in [3.63, 3.8) is 0 Å². The number of carbonyl (C=O) groups is 1. The van der Waals surface area contributed by atoms with Crippen LogP contribution < -0.4 is 10.6 Å². The number of amidine groups is 1. The van der Waals surface area contributed by atoms with E-state index in [1.165, 1.54) is 5.56 Å². The minimum atomic E-state index is -0.0458.